The number of imide groups is 1. The Kier molecular flexibility index (Phi) is 4.81. The molecule has 1 saturated heterocycles. The predicted molar refractivity (Wildman–Crippen MR) is 98.4 cm³/mol. The molecule has 1 N–H and O–H groups in total. The molecule has 1 aliphatic rings. The lowest BCUT2D eigenvalue weighted by Gasteiger charge is -2.24. The van der Waals surface area contributed by atoms with Crippen LogP contribution >= 0.6 is 15.9 Å². The molecule has 1 aliphatic heterocycles. The third-order valence-electron chi connectivity index (χ3n) is 4.36. The predicted octanol–water partition coefficient (Wildman–Crippen LogP) is 3.60. The molecule has 6 heteroatoms. The van der Waals surface area contributed by atoms with Gasteiger partial charge in [0.05, 0.1) is 6.54 Å². The van der Waals surface area contributed by atoms with E-state index in [0.717, 1.165) is 15.6 Å². The van der Waals surface area contributed by atoms with E-state index in [2.05, 4.69) is 21.2 Å². The summed E-state index contributed by atoms with van der Waals surface area (Å²) in [7, 11) is 0. The van der Waals surface area contributed by atoms with Crippen molar-refractivity contribution in [3.63, 3.8) is 0 Å². The largest absolute Gasteiger partial charge is 0.492 e. The number of nitrogens with zero attached hydrogens (tertiary/aromatic N) is 1. The molecular weight excluding hydrogens is 384 g/mol. The number of amides is 3. The smallest absolute Gasteiger partial charge is 0.325 e. The summed E-state index contributed by atoms with van der Waals surface area (Å²) in [6, 6.07) is 14.6. The van der Waals surface area contributed by atoms with E-state index in [1.54, 1.807) is 6.92 Å². The highest BCUT2D eigenvalue weighted by atomic mass is 79.9. The SMILES string of the molecule is Cc1ccccc1C1(C)NC(=O)N(CCOc2ccc(Br)cc2)C1=O. The normalized spacial score (nSPS) is 19.9. The zero-order chi connectivity index (χ0) is 18.0. The molecule has 5 nitrogen and oxygen atoms in total. The number of benzene rings is 2. The molecule has 0 aliphatic carbocycles. The topological polar surface area (TPSA) is 58.6 Å². The zero-order valence-electron chi connectivity index (χ0n) is 14.1. The van der Waals surface area contributed by atoms with E-state index in [1.807, 2.05) is 55.5 Å². The van der Waals surface area contributed by atoms with Crippen LogP contribution in [0.5, 0.6) is 5.75 Å². The van der Waals surface area contributed by atoms with Crippen LogP contribution < -0.4 is 10.1 Å². The number of carbonyl (C=O) groups excluding carboxylic acids is 2. The van der Waals surface area contributed by atoms with Crippen LogP contribution in [0, 0.1) is 6.92 Å². The van der Waals surface area contributed by atoms with Crippen LogP contribution in [-0.2, 0) is 10.3 Å². The molecule has 2 aromatic rings. The van der Waals surface area contributed by atoms with E-state index in [0.29, 0.717) is 5.75 Å². The summed E-state index contributed by atoms with van der Waals surface area (Å²) < 4.78 is 6.58. The van der Waals surface area contributed by atoms with Gasteiger partial charge in [0.2, 0.25) is 0 Å². The molecule has 0 saturated carbocycles. The van der Waals surface area contributed by atoms with E-state index in [-0.39, 0.29) is 19.1 Å². The average Bonchev–Trinajstić information content (AvgIpc) is 2.81. The van der Waals surface area contributed by atoms with Gasteiger partial charge in [0.1, 0.15) is 17.9 Å². The Labute approximate surface area is 155 Å². The van der Waals surface area contributed by atoms with Crippen LogP contribution in [0.2, 0.25) is 0 Å². The number of hydrogen-bond donors (Lipinski definition) is 1. The van der Waals surface area contributed by atoms with Gasteiger partial charge in [-0.05, 0) is 49.2 Å². The molecule has 130 valence electrons. The molecule has 0 radical (unpaired) electrons. The van der Waals surface area contributed by atoms with E-state index >= 15 is 0 Å². The minimum atomic E-state index is -1.04. The summed E-state index contributed by atoms with van der Waals surface area (Å²) >= 11 is 3.36. The first-order chi connectivity index (χ1) is 11.9. The molecule has 3 rings (SSSR count). The quantitative estimate of drug-likeness (QED) is 0.777. The minimum Gasteiger partial charge on any atom is -0.492 e. The van der Waals surface area contributed by atoms with Crippen molar-refractivity contribution in [2.45, 2.75) is 19.4 Å². The van der Waals surface area contributed by atoms with Gasteiger partial charge in [0.15, 0.2) is 0 Å². The highest BCUT2D eigenvalue weighted by Gasteiger charge is 2.49. The van der Waals surface area contributed by atoms with Crippen LogP contribution in [0.4, 0.5) is 4.79 Å². The van der Waals surface area contributed by atoms with Crippen molar-refractivity contribution in [1.29, 1.82) is 0 Å². The Balaban J connectivity index is 1.69. The van der Waals surface area contributed by atoms with Crippen LogP contribution in [0.1, 0.15) is 18.1 Å². The molecule has 1 unspecified atom stereocenters. The van der Waals surface area contributed by atoms with Crippen molar-refractivity contribution in [3.8, 4) is 5.75 Å². The zero-order valence-corrected chi connectivity index (χ0v) is 15.7. The molecule has 0 spiro atoms. The number of aryl methyl sites for hydroxylation is 1. The molecular formula is C19H19BrN2O3. The summed E-state index contributed by atoms with van der Waals surface area (Å²) in [6.07, 6.45) is 0. The maximum atomic E-state index is 12.9. The second kappa shape index (κ2) is 6.88. The summed E-state index contributed by atoms with van der Waals surface area (Å²) in [4.78, 5) is 26.4. The number of rotatable bonds is 5. The summed E-state index contributed by atoms with van der Waals surface area (Å²) in [5, 5.41) is 2.82. The van der Waals surface area contributed by atoms with Gasteiger partial charge in [0.25, 0.3) is 5.91 Å². The highest BCUT2D eigenvalue weighted by molar-refractivity contribution is 9.10. The molecule has 0 bridgehead atoms. The van der Waals surface area contributed by atoms with Gasteiger partial charge in [-0.1, -0.05) is 40.2 Å². The van der Waals surface area contributed by atoms with E-state index < -0.39 is 11.6 Å². The summed E-state index contributed by atoms with van der Waals surface area (Å²) in [6.45, 7) is 4.11. The number of hydrogen-bond acceptors (Lipinski definition) is 3. The Morgan fingerprint density at radius 1 is 1.12 bits per heavy atom. The Bertz CT molecular complexity index is 807. The van der Waals surface area contributed by atoms with Crippen LogP contribution in [-0.4, -0.2) is 30.0 Å². The third kappa shape index (κ3) is 3.39. The molecule has 1 fully saturated rings. The monoisotopic (exact) mass is 402 g/mol. The highest BCUT2D eigenvalue weighted by Crippen LogP contribution is 2.30. The van der Waals surface area contributed by atoms with E-state index in [9.17, 15) is 9.59 Å². The van der Waals surface area contributed by atoms with Gasteiger partial charge in [-0.3, -0.25) is 9.69 Å². The first-order valence-electron chi connectivity index (χ1n) is 8.00. The van der Waals surface area contributed by atoms with Gasteiger partial charge in [-0.25, -0.2) is 4.79 Å². The first-order valence-corrected chi connectivity index (χ1v) is 8.80. The fourth-order valence-corrected chi connectivity index (χ4v) is 3.27. The molecule has 25 heavy (non-hydrogen) atoms. The maximum Gasteiger partial charge on any atom is 0.325 e. The lowest BCUT2D eigenvalue weighted by Crippen LogP contribution is -2.41. The molecule has 2 aromatic carbocycles. The van der Waals surface area contributed by atoms with Gasteiger partial charge in [-0.2, -0.15) is 0 Å². The van der Waals surface area contributed by atoms with Crippen LogP contribution in [0.25, 0.3) is 0 Å². The number of ether oxygens (including phenoxy) is 1. The van der Waals surface area contributed by atoms with Crippen molar-refractivity contribution < 1.29 is 14.3 Å². The maximum absolute atomic E-state index is 12.9. The second-order valence-corrected chi connectivity index (χ2v) is 7.04. The van der Waals surface area contributed by atoms with Crippen LogP contribution in [0.3, 0.4) is 0 Å². The Hall–Kier alpha value is -2.34. The lowest BCUT2D eigenvalue weighted by atomic mass is 9.88. The standard InChI is InChI=1S/C19H19BrN2O3/c1-13-5-3-4-6-16(13)19(2)17(23)22(18(24)21-19)11-12-25-15-9-7-14(20)8-10-15/h3-10H,11-12H2,1-2H3,(H,21,24). The number of halogens is 1. The van der Waals surface area contributed by atoms with Crippen molar-refractivity contribution in [1.82, 2.24) is 10.2 Å². The summed E-state index contributed by atoms with van der Waals surface area (Å²) in [5.41, 5.74) is 0.733. The molecule has 1 heterocycles. The fourth-order valence-electron chi connectivity index (χ4n) is 3.00. The van der Waals surface area contributed by atoms with Crippen molar-refractivity contribution in [2.24, 2.45) is 0 Å². The average molecular weight is 403 g/mol. The molecule has 1 atom stereocenters. The van der Waals surface area contributed by atoms with E-state index in [1.165, 1.54) is 4.90 Å². The van der Waals surface area contributed by atoms with Crippen molar-refractivity contribution >= 4 is 27.9 Å². The first kappa shape index (κ1) is 17.5. The fraction of sp³-hybridized carbons (Fsp3) is 0.263. The molecule has 0 aromatic heterocycles. The number of carbonyl (C=O) groups is 2. The summed E-state index contributed by atoms with van der Waals surface area (Å²) in [5.74, 6) is 0.433. The Morgan fingerprint density at radius 3 is 2.48 bits per heavy atom. The van der Waals surface area contributed by atoms with Crippen molar-refractivity contribution in [2.75, 3.05) is 13.2 Å². The second-order valence-electron chi connectivity index (χ2n) is 6.13. The lowest BCUT2D eigenvalue weighted by molar-refractivity contribution is -0.131. The number of nitrogens with one attached hydrogen (secondary N) is 1. The van der Waals surface area contributed by atoms with Crippen molar-refractivity contribution in [3.05, 3.63) is 64.1 Å². The Morgan fingerprint density at radius 2 is 1.80 bits per heavy atom. The number of urea groups is 1. The van der Waals surface area contributed by atoms with Gasteiger partial charge >= 0.3 is 6.03 Å². The minimum absolute atomic E-state index is 0.197. The van der Waals surface area contributed by atoms with Gasteiger partial charge < -0.3 is 10.1 Å². The van der Waals surface area contributed by atoms with Gasteiger partial charge in [0, 0.05) is 4.47 Å². The van der Waals surface area contributed by atoms with E-state index in [4.69, 9.17) is 4.74 Å². The van der Waals surface area contributed by atoms with Crippen LogP contribution in [0.15, 0.2) is 53.0 Å². The third-order valence-corrected chi connectivity index (χ3v) is 4.88. The molecule has 3 amide bonds. The van der Waals surface area contributed by atoms with Gasteiger partial charge in [-0.15, -0.1) is 0 Å².